The van der Waals surface area contributed by atoms with Gasteiger partial charge >= 0.3 is 0 Å². The van der Waals surface area contributed by atoms with Crippen molar-refractivity contribution in [3.63, 3.8) is 0 Å². The van der Waals surface area contributed by atoms with Gasteiger partial charge in [-0.3, -0.25) is 9.79 Å². The van der Waals surface area contributed by atoms with Crippen molar-refractivity contribution in [1.29, 1.82) is 0 Å². The molecular formula is C35H53F2N3O. The number of aliphatic imine (C=N–C) groups is 1. The summed E-state index contributed by atoms with van der Waals surface area (Å²) in [5, 5.41) is 0. The number of halogens is 2. The molecule has 1 saturated heterocycles. The van der Waals surface area contributed by atoms with E-state index in [4.69, 9.17) is 4.99 Å². The molecule has 0 unspecified atom stereocenters. The average Bonchev–Trinajstić information content (AvgIpc) is 3.69. The Kier molecular flexibility index (Phi) is 12.2. The Bertz CT molecular complexity index is 1120. The quantitative estimate of drug-likeness (QED) is 0.152. The van der Waals surface area contributed by atoms with Crippen LogP contribution in [0, 0.1) is 11.7 Å². The summed E-state index contributed by atoms with van der Waals surface area (Å²) in [6, 6.07) is 6.95. The summed E-state index contributed by atoms with van der Waals surface area (Å²) >= 11 is 0. The first-order valence-electron chi connectivity index (χ1n) is 16.1. The summed E-state index contributed by atoms with van der Waals surface area (Å²) in [7, 11) is 0. The lowest BCUT2D eigenvalue weighted by Crippen LogP contribution is -2.59. The number of rotatable bonds is 11. The third-order valence-corrected chi connectivity index (χ3v) is 8.91. The maximum absolute atomic E-state index is 14.7. The van der Waals surface area contributed by atoms with Crippen LogP contribution in [0.5, 0.6) is 0 Å². The van der Waals surface area contributed by atoms with E-state index in [2.05, 4.69) is 38.7 Å². The van der Waals surface area contributed by atoms with Gasteiger partial charge in [0.25, 0.3) is 5.91 Å². The van der Waals surface area contributed by atoms with Crippen LogP contribution >= 0.6 is 0 Å². The van der Waals surface area contributed by atoms with Crippen LogP contribution in [0.2, 0.25) is 0 Å². The first-order valence-corrected chi connectivity index (χ1v) is 16.1. The highest BCUT2D eigenvalue weighted by atomic mass is 19.1. The van der Waals surface area contributed by atoms with Gasteiger partial charge in [-0.25, -0.2) is 8.78 Å². The second-order valence-corrected chi connectivity index (χ2v) is 11.9. The van der Waals surface area contributed by atoms with Crippen LogP contribution in [0.15, 0.2) is 52.2 Å². The Morgan fingerprint density at radius 2 is 1.76 bits per heavy atom. The van der Waals surface area contributed by atoms with Gasteiger partial charge in [0.05, 0.1) is 0 Å². The predicted molar refractivity (Wildman–Crippen MR) is 167 cm³/mol. The van der Waals surface area contributed by atoms with Gasteiger partial charge in [-0.1, -0.05) is 38.5 Å². The van der Waals surface area contributed by atoms with Crippen LogP contribution in [0.1, 0.15) is 105 Å². The number of hydrogen-bond acceptors (Lipinski definition) is 3. The first kappa shape index (κ1) is 33.0. The molecule has 1 aromatic carbocycles. The number of carbonyl (C=O) groups is 1. The lowest BCUT2D eigenvalue weighted by molar-refractivity contribution is -0.143. The fraction of sp³-hybridized carbons (Fsp3) is 0.657. The number of nitrogens with zero attached hydrogens (tertiary/aromatic N) is 3. The number of hydrogen-bond donors (Lipinski definition) is 0. The molecule has 6 heteroatoms. The predicted octanol–water partition coefficient (Wildman–Crippen LogP) is 8.47. The molecule has 3 aliphatic rings. The summed E-state index contributed by atoms with van der Waals surface area (Å²) < 4.78 is 28.3. The molecule has 1 amide bonds. The van der Waals surface area contributed by atoms with Crippen molar-refractivity contribution >= 4 is 11.6 Å². The molecule has 0 bridgehead atoms. The standard InChI is InChI=1S/C33H47F2N3O.C2H6/c1-6-29(27-14-11-15-27)31(30(36-7-2)17-9-8-12-26-13-10-16-28(34)20-26)25(5)37-21-24(4)38(22-23(37)3)32(39)33(35)18-19-33;1-2/h6,10,13,16,20,23-24,27H,7-9,11-12,14-15,17-19,21-22H2,1-5H3;1-2H3/b29-6-,31-25+,36-30?;/t23-,24+;/m0./s1. The van der Waals surface area contributed by atoms with Gasteiger partial charge in [-0.05, 0) is 115 Å². The van der Waals surface area contributed by atoms with E-state index < -0.39 is 5.67 Å². The van der Waals surface area contributed by atoms with Gasteiger partial charge in [0.2, 0.25) is 0 Å². The van der Waals surface area contributed by atoms with Crippen molar-refractivity contribution < 1.29 is 13.6 Å². The number of alkyl halides is 1. The Balaban J connectivity index is 0.00000226. The molecule has 0 N–H and O–H groups in total. The van der Waals surface area contributed by atoms with E-state index in [1.807, 2.05) is 26.8 Å². The first-order chi connectivity index (χ1) is 19.7. The lowest BCUT2D eigenvalue weighted by Gasteiger charge is -2.47. The van der Waals surface area contributed by atoms with E-state index in [0.717, 1.165) is 43.5 Å². The van der Waals surface area contributed by atoms with Crippen LogP contribution in [-0.4, -0.2) is 58.8 Å². The van der Waals surface area contributed by atoms with Crippen LogP contribution in [0.3, 0.4) is 0 Å². The minimum atomic E-state index is -1.62. The second-order valence-electron chi connectivity index (χ2n) is 11.9. The van der Waals surface area contributed by atoms with Crippen molar-refractivity contribution in [3.05, 3.63) is 58.6 Å². The van der Waals surface area contributed by atoms with E-state index in [1.165, 1.54) is 42.2 Å². The maximum Gasteiger partial charge on any atom is 0.260 e. The van der Waals surface area contributed by atoms with E-state index in [-0.39, 0.29) is 23.8 Å². The Morgan fingerprint density at radius 1 is 1.10 bits per heavy atom. The third-order valence-electron chi connectivity index (χ3n) is 8.91. The van der Waals surface area contributed by atoms with Crippen LogP contribution in [-0.2, 0) is 11.2 Å². The van der Waals surface area contributed by atoms with Gasteiger partial charge in [0.15, 0.2) is 5.67 Å². The third kappa shape index (κ3) is 8.08. The number of benzene rings is 1. The molecule has 2 atom stereocenters. The summed E-state index contributed by atoms with van der Waals surface area (Å²) in [6.07, 6.45) is 10.4. The molecule has 0 aromatic heterocycles. The molecule has 0 spiro atoms. The van der Waals surface area contributed by atoms with Crippen molar-refractivity contribution in [2.75, 3.05) is 19.6 Å². The van der Waals surface area contributed by atoms with Gasteiger partial charge < -0.3 is 9.80 Å². The molecule has 2 saturated carbocycles. The van der Waals surface area contributed by atoms with Crippen molar-refractivity contribution in [2.24, 2.45) is 10.9 Å². The molecular weight excluding hydrogens is 516 g/mol. The molecule has 4 rings (SSSR count). The Labute approximate surface area is 248 Å². The normalized spacial score (nSPS) is 23.3. The fourth-order valence-corrected chi connectivity index (χ4v) is 6.28. The molecule has 1 aliphatic heterocycles. The summed E-state index contributed by atoms with van der Waals surface area (Å²) in [5.74, 6) is 0.0634. The monoisotopic (exact) mass is 569 g/mol. The Morgan fingerprint density at radius 3 is 2.32 bits per heavy atom. The zero-order valence-electron chi connectivity index (χ0n) is 26.6. The lowest BCUT2D eigenvalue weighted by atomic mass is 9.74. The number of unbranched alkanes of at least 4 members (excludes halogenated alkanes) is 1. The van der Waals surface area contributed by atoms with E-state index in [9.17, 15) is 13.6 Å². The molecule has 4 nitrogen and oxygen atoms in total. The SMILES string of the molecule is C/C=C(\C(C(CCCCc1cccc(F)c1)=NCC)=C(\C)N1C[C@@H](C)N(C(=O)C2(F)CC2)C[C@@H]1C)C1CCC1.CC. The highest BCUT2D eigenvalue weighted by Crippen LogP contribution is 2.43. The second kappa shape index (κ2) is 15.1. The minimum Gasteiger partial charge on any atom is -0.368 e. The number of carbonyl (C=O) groups excluding carboxylic acids is 1. The van der Waals surface area contributed by atoms with Crippen molar-refractivity contribution in [1.82, 2.24) is 9.80 Å². The maximum atomic E-state index is 14.7. The highest BCUT2D eigenvalue weighted by Gasteiger charge is 2.54. The molecule has 3 fully saturated rings. The number of aryl methyl sites for hydroxylation is 1. The Hall–Kier alpha value is -2.50. The molecule has 41 heavy (non-hydrogen) atoms. The summed E-state index contributed by atoms with van der Waals surface area (Å²) in [4.78, 5) is 22.1. The van der Waals surface area contributed by atoms with Crippen molar-refractivity contribution in [3.8, 4) is 0 Å². The zero-order valence-corrected chi connectivity index (χ0v) is 26.6. The highest BCUT2D eigenvalue weighted by molar-refractivity contribution is 6.04. The van der Waals surface area contributed by atoms with Gasteiger partial charge in [0, 0.05) is 48.7 Å². The summed E-state index contributed by atoms with van der Waals surface area (Å²) in [5.41, 5.74) is 4.47. The molecule has 1 heterocycles. The summed E-state index contributed by atoms with van der Waals surface area (Å²) in [6.45, 7) is 16.6. The van der Waals surface area contributed by atoms with Gasteiger partial charge in [-0.15, -0.1) is 0 Å². The van der Waals surface area contributed by atoms with E-state index in [1.54, 1.807) is 17.0 Å². The van der Waals surface area contributed by atoms with Gasteiger partial charge in [-0.2, -0.15) is 0 Å². The smallest absolute Gasteiger partial charge is 0.260 e. The van der Waals surface area contributed by atoms with Crippen LogP contribution in [0.4, 0.5) is 8.78 Å². The van der Waals surface area contributed by atoms with Crippen LogP contribution in [0.25, 0.3) is 0 Å². The molecule has 2 aliphatic carbocycles. The van der Waals surface area contributed by atoms with E-state index in [0.29, 0.717) is 31.8 Å². The number of allylic oxidation sites excluding steroid dienone is 4. The minimum absolute atomic E-state index is 0.0475. The van der Waals surface area contributed by atoms with E-state index >= 15 is 0 Å². The topological polar surface area (TPSA) is 35.9 Å². The zero-order chi connectivity index (χ0) is 30.2. The number of piperazine rings is 1. The molecule has 1 aromatic rings. The molecule has 0 radical (unpaired) electrons. The fourth-order valence-electron chi connectivity index (χ4n) is 6.28. The van der Waals surface area contributed by atoms with Gasteiger partial charge in [0.1, 0.15) is 5.82 Å². The van der Waals surface area contributed by atoms with Crippen LogP contribution < -0.4 is 0 Å². The van der Waals surface area contributed by atoms with Crippen molar-refractivity contribution in [2.45, 2.75) is 124 Å². The largest absolute Gasteiger partial charge is 0.368 e. The molecule has 228 valence electrons. The number of amides is 1. The average molecular weight is 570 g/mol.